The van der Waals surface area contributed by atoms with Gasteiger partial charge in [-0.3, -0.25) is 0 Å². The fourth-order valence-electron chi connectivity index (χ4n) is 3.19. The molecule has 2 aliphatic carbocycles. The first-order valence-corrected chi connectivity index (χ1v) is 8.21. The van der Waals surface area contributed by atoms with Gasteiger partial charge in [-0.1, -0.05) is 60.9 Å². The SMILES string of the molecule is BrCC1(OC2CCCCC2)CCCCCC1. The van der Waals surface area contributed by atoms with Crippen molar-refractivity contribution in [2.45, 2.75) is 82.3 Å². The molecule has 2 aliphatic rings. The third-order valence-corrected chi connectivity index (χ3v) is 5.25. The van der Waals surface area contributed by atoms with Crippen molar-refractivity contribution in [2.75, 3.05) is 5.33 Å². The van der Waals surface area contributed by atoms with E-state index in [9.17, 15) is 0 Å². The van der Waals surface area contributed by atoms with Gasteiger partial charge in [0.25, 0.3) is 0 Å². The largest absolute Gasteiger partial charge is 0.371 e. The van der Waals surface area contributed by atoms with E-state index in [4.69, 9.17) is 4.74 Å². The molecule has 2 heteroatoms. The summed E-state index contributed by atoms with van der Waals surface area (Å²) in [5, 5.41) is 1.04. The highest BCUT2D eigenvalue weighted by molar-refractivity contribution is 9.09. The maximum Gasteiger partial charge on any atom is 0.0782 e. The average molecular weight is 289 g/mol. The smallest absolute Gasteiger partial charge is 0.0782 e. The highest BCUT2D eigenvalue weighted by atomic mass is 79.9. The van der Waals surface area contributed by atoms with E-state index in [-0.39, 0.29) is 5.60 Å². The Hall–Kier alpha value is 0.440. The molecule has 0 bridgehead atoms. The molecule has 0 unspecified atom stereocenters. The minimum absolute atomic E-state index is 0.179. The summed E-state index contributed by atoms with van der Waals surface area (Å²) in [4.78, 5) is 0. The molecule has 0 atom stereocenters. The molecule has 0 radical (unpaired) electrons. The van der Waals surface area contributed by atoms with Crippen molar-refractivity contribution in [2.24, 2.45) is 0 Å². The summed E-state index contributed by atoms with van der Waals surface area (Å²) in [7, 11) is 0. The van der Waals surface area contributed by atoms with Gasteiger partial charge in [-0.2, -0.15) is 0 Å². The van der Waals surface area contributed by atoms with E-state index >= 15 is 0 Å². The van der Waals surface area contributed by atoms with Crippen molar-refractivity contribution < 1.29 is 4.74 Å². The number of alkyl halides is 1. The maximum atomic E-state index is 6.50. The molecule has 2 rings (SSSR count). The third kappa shape index (κ3) is 3.46. The van der Waals surface area contributed by atoms with Crippen LogP contribution in [0.25, 0.3) is 0 Å². The minimum Gasteiger partial charge on any atom is -0.371 e. The van der Waals surface area contributed by atoms with Crippen LogP contribution < -0.4 is 0 Å². The van der Waals surface area contributed by atoms with Crippen LogP contribution in [0.5, 0.6) is 0 Å². The molecular weight excluding hydrogens is 264 g/mol. The molecule has 0 aromatic carbocycles. The molecule has 0 aliphatic heterocycles. The first-order chi connectivity index (χ1) is 7.85. The fourth-order valence-corrected chi connectivity index (χ4v) is 3.89. The Balaban J connectivity index is 1.90. The maximum absolute atomic E-state index is 6.50. The van der Waals surface area contributed by atoms with Crippen LogP contribution in [0, 0.1) is 0 Å². The van der Waals surface area contributed by atoms with Gasteiger partial charge in [0.15, 0.2) is 0 Å². The molecule has 0 aromatic heterocycles. The standard InChI is InChI=1S/C14H25BrO/c15-12-14(10-6-1-2-7-11-14)16-13-8-4-3-5-9-13/h13H,1-12H2. The summed E-state index contributed by atoms with van der Waals surface area (Å²) in [6.45, 7) is 0. The molecule has 16 heavy (non-hydrogen) atoms. The number of hydrogen-bond acceptors (Lipinski definition) is 1. The molecule has 0 N–H and O–H groups in total. The van der Waals surface area contributed by atoms with Gasteiger partial charge in [-0.15, -0.1) is 0 Å². The van der Waals surface area contributed by atoms with Gasteiger partial charge in [0.05, 0.1) is 11.7 Å². The summed E-state index contributed by atoms with van der Waals surface area (Å²) in [6.07, 6.45) is 15.4. The first-order valence-electron chi connectivity index (χ1n) is 7.08. The second-order valence-electron chi connectivity index (χ2n) is 5.61. The second kappa shape index (κ2) is 6.39. The molecule has 94 valence electrons. The monoisotopic (exact) mass is 288 g/mol. The highest BCUT2D eigenvalue weighted by Gasteiger charge is 2.33. The van der Waals surface area contributed by atoms with Crippen molar-refractivity contribution in [1.29, 1.82) is 0 Å². The van der Waals surface area contributed by atoms with Crippen LogP contribution in [-0.2, 0) is 4.74 Å². The summed E-state index contributed by atoms with van der Waals surface area (Å²) in [6, 6.07) is 0. The van der Waals surface area contributed by atoms with Gasteiger partial charge in [-0.25, -0.2) is 0 Å². The van der Waals surface area contributed by atoms with Crippen molar-refractivity contribution in [3.8, 4) is 0 Å². The lowest BCUT2D eigenvalue weighted by molar-refractivity contribution is -0.0986. The minimum atomic E-state index is 0.179. The van der Waals surface area contributed by atoms with Gasteiger partial charge >= 0.3 is 0 Å². The highest BCUT2D eigenvalue weighted by Crippen LogP contribution is 2.35. The number of ether oxygens (including phenoxy) is 1. The summed E-state index contributed by atoms with van der Waals surface area (Å²) >= 11 is 3.70. The lowest BCUT2D eigenvalue weighted by Crippen LogP contribution is -2.38. The molecule has 0 spiro atoms. The zero-order chi connectivity index (χ0) is 11.3. The molecule has 0 saturated heterocycles. The summed E-state index contributed by atoms with van der Waals surface area (Å²) in [5.74, 6) is 0. The van der Waals surface area contributed by atoms with Gasteiger partial charge in [0, 0.05) is 5.33 Å². The Labute approximate surface area is 108 Å². The van der Waals surface area contributed by atoms with Crippen molar-refractivity contribution >= 4 is 15.9 Å². The number of halogens is 1. The second-order valence-corrected chi connectivity index (χ2v) is 6.17. The predicted octanol–water partition coefficient (Wildman–Crippen LogP) is 4.82. The molecule has 2 fully saturated rings. The van der Waals surface area contributed by atoms with Crippen LogP contribution in [0.15, 0.2) is 0 Å². The Morgan fingerprint density at radius 2 is 1.44 bits per heavy atom. The predicted molar refractivity (Wildman–Crippen MR) is 72.2 cm³/mol. The lowest BCUT2D eigenvalue weighted by Gasteiger charge is -2.37. The Morgan fingerprint density at radius 1 is 0.875 bits per heavy atom. The van der Waals surface area contributed by atoms with E-state index in [2.05, 4.69) is 15.9 Å². The lowest BCUT2D eigenvalue weighted by atomic mass is 9.93. The van der Waals surface area contributed by atoms with Gasteiger partial charge in [-0.05, 0) is 25.7 Å². The Kier molecular flexibility index (Phi) is 5.15. The van der Waals surface area contributed by atoms with E-state index in [1.807, 2.05) is 0 Å². The molecule has 1 nitrogen and oxygen atoms in total. The molecule has 0 aromatic rings. The zero-order valence-corrected chi connectivity index (χ0v) is 11.9. The van der Waals surface area contributed by atoms with E-state index in [0.29, 0.717) is 6.10 Å². The first kappa shape index (κ1) is 12.9. The normalized spacial score (nSPS) is 27.6. The van der Waals surface area contributed by atoms with Crippen LogP contribution in [0.2, 0.25) is 0 Å². The van der Waals surface area contributed by atoms with Crippen LogP contribution >= 0.6 is 15.9 Å². The molecule has 2 saturated carbocycles. The average Bonchev–Trinajstić information content (AvgIpc) is 2.57. The zero-order valence-electron chi connectivity index (χ0n) is 10.3. The van der Waals surface area contributed by atoms with Crippen LogP contribution in [-0.4, -0.2) is 17.0 Å². The Bertz CT molecular complexity index is 191. The van der Waals surface area contributed by atoms with Crippen LogP contribution in [0.3, 0.4) is 0 Å². The van der Waals surface area contributed by atoms with Crippen molar-refractivity contribution in [1.82, 2.24) is 0 Å². The molecular formula is C14H25BrO. The van der Waals surface area contributed by atoms with E-state index < -0.39 is 0 Å². The Morgan fingerprint density at radius 3 is 2.00 bits per heavy atom. The van der Waals surface area contributed by atoms with Gasteiger partial charge in [0.2, 0.25) is 0 Å². The number of hydrogen-bond donors (Lipinski definition) is 0. The van der Waals surface area contributed by atoms with Crippen LogP contribution in [0.1, 0.15) is 70.6 Å². The summed E-state index contributed by atoms with van der Waals surface area (Å²) in [5.41, 5.74) is 0.179. The van der Waals surface area contributed by atoms with E-state index in [1.54, 1.807) is 0 Å². The van der Waals surface area contributed by atoms with E-state index in [0.717, 1.165) is 5.33 Å². The molecule has 0 amide bonds. The topological polar surface area (TPSA) is 9.23 Å². The van der Waals surface area contributed by atoms with Crippen molar-refractivity contribution in [3.63, 3.8) is 0 Å². The fraction of sp³-hybridized carbons (Fsp3) is 1.00. The van der Waals surface area contributed by atoms with Crippen LogP contribution in [0.4, 0.5) is 0 Å². The van der Waals surface area contributed by atoms with Gasteiger partial charge < -0.3 is 4.74 Å². The molecule has 0 heterocycles. The third-order valence-electron chi connectivity index (χ3n) is 4.23. The van der Waals surface area contributed by atoms with Gasteiger partial charge in [0.1, 0.15) is 0 Å². The van der Waals surface area contributed by atoms with E-state index in [1.165, 1.54) is 70.6 Å². The quantitative estimate of drug-likeness (QED) is 0.534. The number of rotatable bonds is 3. The van der Waals surface area contributed by atoms with Crippen molar-refractivity contribution in [3.05, 3.63) is 0 Å². The summed E-state index contributed by atoms with van der Waals surface area (Å²) < 4.78 is 6.50.